The summed E-state index contributed by atoms with van der Waals surface area (Å²) in [5.74, 6) is -0.447. The number of hydrogen-bond acceptors (Lipinski definition) is 3. The van der Waals surface area contributed by atoms with E-state index in [0.29, 0.717) is 6.54 Å². The van der Waals surface area contributed by atoms with Gasteiger partial charge in [-0.3, -0.25) is 4.79 Å². The maximum Gasteiger partial charge on any atom is 0.242 e. The largest absolute Gasteiger partial charge is 0.351 e. The first kappa shape index (κ1) is 18.7. The van der Waals surface area contributed by atoms with Crippen LogP contribution in [0.1, 0.15) is 11.1 Å². The SMILES string of the molecule is Cc1ccc(CNC(=O)CNS(=O)(=O)c2cc(Cl)ccc2Cl)cc1. The number of rotatable bonds is 6. The van der Waals surface area contributed by atoms with Crippen LogP contribution in [-0.2, 0) is 21.4 Å². The molecule has 0 unspecified atom stereocenters. The normalized spacial score (nSPS) is 11.3. The summed E-state index contributed by atoms with van der Waals surface area (Å²) in [7, 11) is -3.92. The predicted octanol–water partition coefficient (Wildman–Crippen LogP) is 2.90. The minimum atomic E-state index is -3.92. The number of carbonyl (C=O) groups excluding carboxylic acids is 1. The molecule has 0 radical (unpaired) electrons. The van der Waals surface area contributed by atoms with E-state index >= 15 is 0 Å². The van der Waals surface area contributed by atoms with Crippen molar-refractivity contribution in [2.45, 2.75) is 18.4 Å². The Balaban J connectivity index is 1.93. The lowest BCUT2D eigenvalue weighted by molar-refractivity contribution is -0.120. The van der Waals surface area contributed by atoms with Crippen LogP contribution in [0.5, 0.6) is 0 Å². The molecule has 0 aliphatic carbocycles. The maximum absolute atomic E-state index is 12.2. The Labute approximate surface area is 151 Å². The third kappa shape index (κ3) is 5.21. The van der Waals surface area contributed by atoms with Gasteiger partial charge >= 0.3 is 0 Å². The second kappa shape index (κ2) is 7.98. The van der Waals surface area contributed by atoms with Crippen LogP contribution in [0.2, 0.25) is 10.0 Å². The van der Waals surface area contributed by atoms with Gasteiger partial charge in [0.25, 0.3) is 0 Å². The molecule has 0 bridgehead atoms. The summed E-state index contributed by atoms with van der Waals surface area (Å²) < 4.78 is 26.6. The third-order valence-corrected chi connectivity index (χ3v) is 5.33. The summed E-state index contributed by atoms with van der Waals surface area (Å²) in [6.45, 7) is 1.90. The van der Waals surface area contributed by atoms with Gasteiger partial charge in [0.05, 0.1) is 11.6 Å². The van der Waals surface area contributed by atoms with Gasteiger partial charge in [-0.2, -0.15) is 0 Å². The van der Waals surface area contributed by atoms with Gasteiger partial charge in [-0.25, -0.2) is 13.1 Å². The molecule has 2 aromatic carbocycles. The van der Waals surface area contributed by atoms with Crippen molar-refractivity contribution in [3.8, 4) is 0 Å². The fraction of sp³-hybridized carbons (Fsp3) is 0.188. The summed E-state index contributed by atoms with van der Waals surface area (Å²) in [5.41, 5.74) is 2.05. The zero-order valence-corrected chi connectivity index (χ0v) is 15.2. The quantitative estimate of drug-likeness (QED) is 0.801. The molecule has 2 N–H and O–H groups in total. The lowest BCUT2D eigenvalue weighted by atomic mass is 10.1. The van der Waals surface area contributed by atoms with E-state index in [4.69, 9.17) is 23.2 Å². The Kier molecular flexibility index (Phi) is 6.23. The van der Waals surface area contributed by atoms with Crippen LogP contribution in [-0.4, -0.2) is 20.9 Å². The molecule has 2 rings (SSSR count). The Hall–Kier alpha value is -1.60. The first-order chi connectivity index (χ1) is 11.3. The fourth-order valence-corrected chi connectivity index (χ4v) is 3.63. The van der Waals surface area contributed by atoms with Gasteiger partial charge in [-0.05, 0) is 30.7 Å². The van der Waals surface area contributed by atoms with E-state index in [-0.39, 0.29) is 14.9 Å². The van der Waals surface area contributed by atoms with Crippen LogP contribution in [0.4, 0.5) is 0 Å². The molecule has 0 aliphatic heterocycles. The zero-order valence-electron chi connectivity index (χ0n) is 12.8. The van der Waals surface area contributed by atoms with Crippen molar-refractivity contribution in [2.75, 3.05) is 6.54 Å². The molecule has 1 amide bonds. The monoisotopic (exact) mass is 386 g/mol. The standard InChI is InChI=1S/C16H16Cl2N2O3S/c1-11-2-4-12(5-3-11)9-19-16(21)10-20-24(22,23)15-8-13(17)6-7-14(15)18/h2-8,20H,9-10H2,1H3,(H,19,21). The number of sulfonamides is 1. The van der Waals surface area contributed by atoms with Crippen LogP contribution >= 0.6 is 23.2 Å². The highest BCUT2D eigenvalue weighted by Crippen LogP contribution is 2.24. The second-order valence-electron chi connectivity index (χ2n) is 5.16. The van der Waals surface area contributed by atoms with Gasteiger partial charge < -0.3 is 5.32 Å². The van der Waals surface area contributed by atoms with Gasteiger partial charge in [0.2, 0.25) is 15.9 Å². The molecule has 0 heterocycles. The number of benzene rings is 2. The summed E-state index contributed by atoms with van der Waals surface area (Å²) >= 11 is 11.7. The zero-order chi connectivity index (χ0) is 17.7. The Morgan fingerprint density at radius 2 is 1.75 bits per heavy atom. The van der Waals surface area contributed by atoms with E-state index in [2.05, 4.69) is 10.0 Å². The molecule has 8 heteroatoms. The van der Waals surface area contributed by atoms with Crippen molar-refractivity contribution in [1.29, 1.82) is 0 Å². The molecule has 0 aliphatic rings. The maximum atomic E-state index is 12.2. The van der Waals surface area contributed by atoms with Crippen molar-refractivity contribution < 1.29 is 13.2 Å². The predicted molar refractivity (Wildman–Crippen MR) is 94.7 cm³/mol. The van der Waals surface area contributed by atoms with Crippen LogP contribution in [0, 0.1) is 6.92 Å². The molecular weight excluding hydrogens is 371 g/mol. The molecule has 0 saturated carbocycles. The highest BCUT2D eigenvalue weighted by atomic mass is 35.5. The van der Waals surface area contributed by atoms with E-state index in [1.54, 1.807) is 0 Å². The molecule has 5 nitrogen and oxygen atoms in total. The number of aryl methyl sites for hydroxylation is 1. The minimum absolute atomic E-state index is 0.0342. The van der Waals surface area contributed by atoms with Crippen LogP contribution < -0.4 is 10.0 Å². The fourth-order valence-electron chi connectivity index (χ4n) is 1.89. The summed E-state index contributed by atoms with van der Waals surface area (Å²) in [5, 5.41) is 2.92. The van der Waals surface area contributed by atoms with E-state index in [0.717, 1.165) is 11.1 Å². The van der Waals surface area contributed by atoms with Crippen molar-refractivity contribution >= 4 is 39.1 Å². The first-order valence-electron chi connectivity index (χ1n) is 7.05. The molecule has 0 fully saturated rings. The van der Waals surface area contributed by atoms with E-state index in [1.807, 2.05) is 31.2 Å². The molecule has 0 saturated heterocycles. The molecule has 0 atom stereocenters. The van der Waals surface area contributed by atoms with Gasteiger partial charge in [-0.15, -0.1) is 0 Å². The number of amides is 1. The smallest absolute Gasteiger partial charge is 0.242 e. The Morgan fingerprint density at radius 1 is 1.08 bits per heavy atom. The Bertz CT molecular complexity index is 837. The van der Waals surface area contributed by atoms with E-state index < -0.39 is 22.5 Å². The average molecular weight is 387 g/mol. The number of halogens is 2. The van der Waals surface area contributed by atoms with Gasteiger partial charge in [0.15, 0.2) is 0 Å². The Morgan fingerprint density at radius 3 is 2.42 bits per heavy atom. The molecule has 0 aromatic heterocycles. The topological polar surface area (TPSA) is 75.3 Å². The summed E-state index contributed by atoms with van der Waals surface area (Å²) in [6, 6.07) is 11.8. The van der Waals surface area contributed by atoms with E-state index in [1.165, 1.54) is 18.2 Å². The van der Waals surface area contributed by atoms with Crippen LogP contribution in [0.25, 0.3) is 0 Å². The summed E-state index contributed by atoms with van der Waals surface area (Å²) in [6.07, 6.45) is 0. The van der Waals surface area contributed by atoms with Gasteiger partial charge in [0, 0.05) is 11.6 Å². The first-order valence-corrected chi connectivity index (χ1v) is 9.29. The molecule has 24 heavy (non-hydrogen) atoms. The minimum Gasteiger partial charge on any atom is -0.351 e. The molecule has 128 valence electrons. The van der Waals surface area contributed by atoms with Crippen LogP contribution in [0.3, 0.4) is 0 Å². The van der Waals surface area contributed by atoms with Crippen LogP contribution in [0.15, 0.2) is 47.4 Å². The summed E-state index contributed by atoms with van der Waals surface area (Å²) in [4.78, 5) is 11.7. The number of nitrogens with one attached hydrogen (secondary N) is 2. The number of carbonyl (C=O) groups is 1. The third-order valence-electron chi connectivity index (χ3n) is 3.22. The highest BCUT2D eigenvalue weighted by molar-refractivity contribution is 7.89. The van der Waals surface area contributed by atoms with Gasteiger partial charge in [-0.1, -0.05) is 53.0 Å². The lowest BCUT2D eigenvalue weighted by Gasteiger charge is -2.09. The second-order valence-corrected chi connectivity index (χ2v) is 7.74. The van der Waals surface area contributed by atoms with E-state index in [9.17, 15) is 13.2 Å². The molecular formula is C16H16Cl2N2O3S. The van der Waals surface area contributed by atoms with Crippen molar-refractivity contribution in [1.82, 2.24) is 10.0 Å². The highest BCUT2D eigenvalue weighted by Gasteiger charge is 2.19. The number of hydrogen-bond donors (Lipinski definition) is 2. The molecule has 0 spiro atoms. The van der Waals surface area contributed by atoms with Crippen molar-refractivity contribution in [3.63, 3.8) is 0 Å². The lowest BCUT2D eigenvalue weighted by Crippen LogP contribution is -2.36. The van der Waals surface area contributed by atoms with Crippen molar-refractivity contribution in [3.05, 3.63) is 63.6 Å². The van der Waals surface area contributed by atoms with Gasteiger partial charge in [0.1, 0.15) is 4.90 Å². The van der Waals surface area contributed by atoms with Crippen molar-refractivity contribution in [2.24, 2.45) is 0 Å². The average Bonchev–Trinajstić information content (AvgIpc) is 2.54. The molecule has 2 aromatic rings.